The summed E-state index contributed by atoms with van der Waals surface area (Å²) in [6.45, 7) is 4.51. The maximum atomic E-state index is 13.7. The summed E-state index contributed by atoms with van der Waals surface area (Å²) in [6.07, 6.45) is -5.91. The first-order valence-corrected chi connectivity index (χ1v) is 5.70. The molecule has 0 aliphatic rings. The molecule has 0 radical (unpaired) electrons. The summed E-state index contributed by atoms with van der Waals surface area (Å²) in [7, 11) is 0. The molecule has 0 amide bonds. The van der Waals surface area contributed by atoms with Gasteiger partial charge in [-0.15, -0.1) is 0 Å². The zero-order valence-electron chi connectivity index (χ0n) is 10.3. The summed E-state index contributed by atoms with van der Waals surface area (Å²) in [4.78, 5) is 1.46. The van der Waals surface area contributed by atoms with Gasteiger partial charge >= 0.3 is 6.18 Å². The van der Waals surface area contributed by atoms with E-state index in [1.54, 1.807) is 13.8 Å². The molecule has 0 saturated heterocycles. The number of halogens is 4. The SMILES string of the molecule is CCN(CC)C(F)Nc1cccc(C(F)(F)F)c1. The average molecular weight is 264 g/mol. The fraction of sp³-hybridized carbons (Fsp3) is 0.500. The van der Waals surface area contributed by atoms with Gasteiger partial charge in [0.15, 0.2) is 0 Å². The van der Waals surface area contributed by atoms with Gasteiger partial charge in [-0.3, -0.25) is 4.90 Å². The standard InChI is InChI=1S/C12H16F4N2/c1-3-18(4-2)11(13)17-10-7-5-6-9(8-10)12(14,15)16/h5-8,11,17H,3-4H2,1-2H3. The van der Waals surface area contributed by atoms with Crippen LogP contribution in [0.5, 0.6) is 0 Å². The molecule has 0 bridgehead atoms. The van der Waals surface area contributed by atoms with Crippen LogP contribution in [0.2, 0.25) is 0 Å². The third-order valence-electron chi connectivity index (χ3n) is 2.61. The zero-order valence-corrected chi connectivity index (χ0v) is 10.3. The number of benzene rings is 1. The van der Waals surface area contributed by atoms with Crippen LogP contribution in [-0.2, 0) is 6.18 Å². The van der Waals surface area contributed by atoms with Crippen molar-refractivity contribution in [3.63, 3.8) is 0 Å². The van der Waals surface area contributed by atoms with Crippen molar-refractivity contribution in [2.45, 2.75) is 26.4 Å². The molecule has 0 aromatic heterocycles. The Balaban J connectivity index is 2.79. The Morgan fingerprint density at radius 3 is 2.33 bits per heavy atom. The van der Waals surface area contributed by atoms with E-state index in [0.717, 1.165) is 12.1 Å². The van der Waals surface area contributed by atoms with E-state index in [9.17, 15) is 17.6 Å². The third kappa shape index (κ3) is 3.87. The van der Waals surface area contributed by atoms with Gasteiger partial charge in [0.2, 0.25) is 6.42 Å². The van der Waals surface area contributed by atoms with Gasteiger partial charge in [-0.25, -0.2) is 4.39 Å². The summed E-state index contributed by atoms with van der Waals surface area (Å²) in [6, 6.07) is 4.51. The lowest BCUT2D eigenvalue weighted by Gasteiger charge is -2.24. The molecule has 1 atom stereocenters. The number of alkyl halides is 4. The van der Waals surface area contributed by atoms with Crippen molar-refractivity contribution in [3.05, 3.63) is 29.8 Å². The molecule has 0 aliphatic heterocycles. The minimum Gasteiger partial charge on any atom is -0.343 e. The molecule has 0 aliphatic carbocycles. The van der Waals surface area contributed by atoms with Crippen molar-refractivity contribution < 1.29 is 17.6 Å². The molecule has 6 heteroatoms. The van der Waals surface area contributed by atoms with Crippen LogP contribution in [-0.4, -0.2) is 24.4 Å². The molecule has 18 heavy (non-hydrogen) atoms. The van der Waals surface area contributed by atoms with Crippen LogP contribution in [0.25, 0.3) is 0 Å². The lowest BCUT2D eigenvalue weighted by Crippen LogP contribution is -2.37. The number of hydrogen-bond acceptors (Lipinski definition) is 2. The summed E-state index contributed by atoms with van der Waals surface area (Å²) < 4.78 is 51.1. The summed E-state index contributed by atoms with van der Waals surface area (Å²) in [5.74, 6) is 0. The average Bonchev–Trinajstić information content (AvgIpc) is 2.29. The van der Waals surface area contributed by atoms with Crippen LogP contribution in [0.1, 0.15) is 19.4 Å². The van der Waals surface area contributed by atoms with Gasteiger partial charge in [0.05, 0.1) is 5.56 Å². The van der Waals surface area contributed by atoms with Crippen LogP contribution in [0.15, 0.2) is 24.3 Å². The van der Waals surface area contributed by atoms with Crippen LogP contribution >= 0.6 is 0 Å². The van der Waals surface area contributed by atoms with E-state index in [0.29, 0.717) is 13.1 Å². The van der Waals surface area contributed by atoms with Crippen LogP contribution in [0.3, 0.4) is 0 Å². The molecule has 1 aromatic carbocycles. The normalized spacial score (nSPS) is 13.7. The predicted octanol–water partition coefficient (Wildman–Crippen LogP) is 3.71. The van der Waals surface area contributed by atoms with Crippen molar-refractivity contribution in [1.82, 2.24) is 4.90 Å². The van der Waals surface area contributed by atoms with Gasteiger partial charge in [-0.1, -0.05) is 19.9 Å². The first kappa shape index (κ1) is 14.8. The molecule has 0 spiro atoms. The van der Waals surface area contributed by atoms with Crippen molar-refractivity contribution in [2.75, 3.05) is 18.4 Å². The van der Waals surface area contributed by atoms with Crippen molar-refractivity contribution in [2.24, 2.45) is 0 Å². The predicted molar refractivity (Wildman–Crippen MR) is 62.9 cm³/mol. The second-order valence-corrected chi connectivity index (χ2v) is 3.78. The molecule has 0 fully saturated rings. The maximum Gasteiger partial charge on any atom is 0.416 e. The van der Waals surface area contributed by atoms with Crippen LogP contribution in [0, 0.1) is 0 Å². The van der Waals surface area contributed by atoms with E-state index in [1.807, 2.05) is 0 Å². The van der Waals surface area contributed by atoms with E-state index in [2.05, 4.69) is 5.32 Å². The number of anilines is 1. The molecule has 1 aromatic rings. The first-order chi connectivity index (χ1) is 8.38. The smallest absolute Gasteiger partial charge is 0.343 e. The van der Waals surface area contributed by atoms with Gasteiger partial charge in [-0.2, -0.15) is 13.2 Å². The highest BCUT2D eigenvalue weighted by Crippen LogP contribution is 2.30. The van der Waals surface area contributed by atoms with Crippen molar-refractivity contribution in [1.29, 1.82) is 0 Å². The second kappa shape index (κ2) is 6.04. The lowest BCUT2D eigenvalue weighted by molar-refractivity contribution is -0.137. The molecular weight excluding hydrogens is 248 g/mol. The monoisotopic (exact) mass is 264 g/mol. The minimum absolute atomic E-state index is 0.115. The molecule has 2 nitrogen and oxygen atoms in total. The topological polar surface area (TPSA) is 15.3 Å². The van der Waals surface area contributed by atoms with E-state index in [-0.39, 0.29) is 5.69 Å². The van der Waals surface area contributed by atoms with E-state index >= 15 is 0 Å². The maximum absolute atomic E-state index is 13.7. The number of hydrogen-bond donors (Lipinski definition) is 1. The van der Waals surface area contributed by atoms with E-state index < -0.39 is 18.2 Å². The summed E-state index contributed by atoms with van der Waals surface area (Å²) in [5, 5.41) is 2.42. The van der Waals surface area contributed by atoms with E-state index in [1.165, 1.54) is 17.0 Å². The fourth-order valence-corrected chi connectivity index (χ4v) is 1.56. The fourth-order valence-electron chi connectivity index (χ4n) is 1.56. The Morgan fingerprint density at radius 1 is 1.22 bits per heavy atom. The number of nitrogens with zero attached hydrogens (tertiary/aromatic N) is 1. The largest absolute Gasteiger partial charge is 0.416 e. The molecule has 102 valence electrons. The van der Waals surface area contributed by atoms with Crippen molar-refractivity contribution in [3.8, 4) is 0 Å². The Hall–Kier alpha value is -1.30. The molecule has 1 rings (SSSR count). The van der Waals surface area contributed by atoms with Gasteiger partial charge in [0, 0.05) is 5.69 Å². The van der Waals surface area contributed by atoms with Gasteiger partial charge in [-0.05, 0) is 31.3 Å². The highest BCUT2D eigenvalue weighted by atomic mass is 19.4. The minimum atomic E-state index is -4.42. The van der Waals surface area contributed by atoms with Crippen molar-refractivity contribution >= 4 is 5.69 Å². The van der Waals surface area contributed by atoms with Gasteiger partial charge in [0.1, 0.15) is 0 Å². The molecule has 1 N–H and O–H groups in total. The molecule has 0 saturated carbocycles. The van der Waals surface area contributed by atoms with Crippen LogP contribution < -0.4 is 5.32 Å². The highest BCUT2D eigenvalue weighted by molar-refractivity contribution is 5.46. The molecular formula is C12H16F4N2. The Kier molecular flexibility index (Phi) is 4.95. The number of nitrogens with one attached hydrogen (secondary N) is 1. The first-order valence-electron chi connectivity index (χ1n) is 5.70. The van der Waals surface area contributed by atoms with E-state index in [4.69, 9.17) is 0 Å². The van der Waals surface area contributed by atoms with Gasteiger partial charge < -0.3 is 5.32 Å². The Labute approximate surface area is 104 Å². The van der Waals surface area contributed by atoms with Crippen LogP contribution in [0.4, 0.5) is 23.2 Å². The van der Waals surface area contributed by atoms with Gasteiger partial charge in [0.25, 0.3) is 0 Å². The quantitative estimate of drug-likeness (QED) is 0.495. The lowest BCUT2D eigenvalue weighted by atomic mass is 10.2. The zero-order chi connectivity index (χ0) is 13.8. The Bertz CT molecular complexity index is 375. The Morgan fingerprint density at radius 2 is 1.83 bits per heavy atom. The molecule has 0 heterocycles. The summed E-state index contributed by atoms with van der Waals surface area (Å²) >= 11 is 0. The highest BCUT2D eigenvalue weighted by Gasteiger charge is 2.30. The number of rotatable bonds is 5. The third-order valence-corrected chi connectivity index (χ3v) is 2.61. The molecule has 1 unspecified atom stereocenters. The second-order valence-electron chi connectivity index (χ2n) is 3.78. The summed E-state index contributed by atoms with van der Waals surface area (Å²) in [5.41, 5.74) is -0.677.